The largest absolute Gasteiger partial charge is 0.497 e. The lowest BCUT2D eigenvalue weighted by molar-refractivity contribution is -0.120. The Labute approximate surface area is 262 Å². The SMILES string of the molecule is COc1ccc2c(c1)C(CC(=O)NCCNS(=O)(=O)c1cccc3c(N(C)C)cccc13)=C(C)C2C(=O)c1ccc(Cl)cc1. The molecule has 0 aliphatic heterocycles. The Morgan fingerprint density at radius 2 is 1.64 bits per heavy atom. The van der Waals surface area contributed by atoms with Gasteiger partial charge in [-0.15, -0.1) is 0 Å². The van der Waals surface area contributed by atoms with E-state index in [2.05, 4.69) is 10.0 Å². The lowest BCUT2D eigenvalue weighted by Gasteiger charge is -2.17. The van der Waals surface area contributed by atoms with E-state index in [9.17, 15) is 18.0 Å². The van der Waals surface area contributed by atoms with E-state index in [0.717, 1.165) is 33.3 Å². The topological polar surface area (TPSA) is 105 Å². The third-order valence-electron chi connectivity index (χ3n) is 7.90. The first-order chi connectivity index (χ1) is 21.0. The quantitative estimate of drug-likeness (QED) is 0.160. The molecular weight excluding hydrogens is 598 g/mol. The average molecular weight is 632 g/mol. The number of ether oxygens (including phenoxy) is 1. The fourth-order valence-corrected chi connectivity index (χ4v) is 7.10. The van der Waals surface area contributed by atoms with Gasteiger partial charge >= 0.3 is 0 Å². The third kappa shape index (κ3) is 6.22. The second kappa shape index (κ2) is 12.8. The van der Waals surface area contributed by atoms with Crippen LogP contribution in [0.5, 0.6) is 5.75 Å². The van der Waals surface area contributed by atoms with Crippen LogP contribution in [-0.4, -0.2) is 54.4 Å². The average Bonchev–Trinajstić information content (AvgIpc) is 3.28. The van der Waals surface area contributed by atoms with Crippen LogP contribution in [0, 0.1) is 0 Å². The zero-order valence-electron chi connectivity index (χ0n) is 25.0. The number of nitrogens with one attached hydrogen (secondary N) is 2. The highest BCUT2D eigenvalue weighted by atomic mass is 35.5. The number of amides is 1. The number of benzene rings is 4. The first-order valence-corrected chi connectivity index (χ1v) is 16.0. The molecule has 1 aliphatic rings. The Balaban J connectivity index is 1.28. The molecule has 1 atom stereocenters. The third-order valence-corrected chi connectivity index (χ3v) is 9.67. The van der Waals surface area contributed by atoms with Crippen molar-refractivity contribution in [3.8, 4) is 5.75 Å². The van der Waals surface area contributed by atoms with Gasteiger partial charge in [-0.2, -0.15) is 0 Å². The number of carbonyl (C=O) groups excluding carboxylic acids is 2. The van der Waals surface area contributed by atoms with Gasteiger partial charge in [0.1, 0.15) is 5.75 Å². The van der Waals surface area contributed by atoms with E-state index >= 15 is 0 Å². The van der Waals surface area contributed by atoms with E-state index in [4.69, 9.17) is 16.3 Å². The summed E-state index contributed by atoms with van der Waals surface area (Å²) in [5.41, 5.74) is 4.58. The normalized spacial score (nSPS) is 14.4. The molecule has 1 amide bonds. The molecule has 0 saturated heterocycles. The first kappa shape index (κ1) is 31.3. The summed E-state index contributed by atoms with van der Waals surface area (Å²) >= 11 is 6.03. The van der Waals surface area contributed by atoms with Crippen molar-refractivity contribution in [2.24, 2.45) is 0 Å². The van der Waals surface area contributed by atoms with E-state index in [0.29, 0.717) is 21.7 Å². The molecular formula is C34H34ClN3O5S. The molecule has 0 saturated carbocycles. The summed E-state index contributed by atoms with van der Waals surface area (Å²) in [6, 6.07) is 23.0. The molecule has 44 heavy (non-hydrogen) atoms. The Morgan fingerprint density at radius 3 is 2.34 bits per heavy atom. The van der Waals surface area contributed by atoms with Crippen LogP contribution >= 0.6 is 11.6 Å². The number of fused-ring (bicyclic) bond motifs is 2. The molecule has 1 aliphatic carbocycles. The number of ketones is 1. The number of carbonyl (C=O) groups is 2. The number of allylic oxidation sites excluding steroid dienone is 1. The van der Waals surface area contributed by atoms with Gasteiger partial charge in [0.2, 0.25) is 15.9 Å². The highest BCUT2D eigenvalue weighted by Crippen LogP contribution is 2.46. The van der Waals surface area contributed by atoms with Crippen molar-refractivity contribution in [3.05, 3.63) is 106 Å². The summed E-state index contributed by atoms with van der Waals surface area (Å²) in [5, 5.41) is 4.81. The Kier molecular flexibility index (Phi) is 9.10. The summed E-state index contributed by atoms with van der Waals surface area (Å²) in [6.07, 6.45) is 0.0276. The molecule has 0 spiro atoms. The molecule has 4 aromatic carbocycles. The molecule has 10 heteroatoms. The van der Waals surface area contributed by atoms with Gasteiger partial charge in [-0.3, -0.25) is 9.59 Å². The van der Waals surface area contributed by atoms with Crippen molar-refractivity contribution in [2.45, 2.75) is 24.2 Å². The lowest BCUT2D eigenvalue weighted by atomic mass is 9.88. The predicted octanol–water partition coefficient (Wildman–Crippen LogP) is 5.81. The van der Waals surface area contributed by atoms with Crippen LogP contribution < -0.4 is 19.7 Å². The van der Waals surface area contributed by atoms with Gasteiger partial charge < -0.3 is 15.0 Å². The molecule has 0 heterocycles. The maximum atomic E-state index is 13.6. The zero-order valence-corrected chi connectivity index (χ0v) is 26.6. The second-order valence-corrected chi connectivity index (χ2v) is 13.0. The Morgan fingerprint density at radius 1 is 0.932 bits per heavy atom. The van der Waals surface area contributed by atoms with Gasteiger partial charge in [0.05, 0.1) is 24.3 Å². The van der Waals surface area contributed by atoms with Crippen molar-refractivity contribution in [2.75, 3.05) is 39.2 Å². The summed E-state index contributed by atoms with van der Waals surface area (Å²) in [7, 11) is 1.54. The molecule has 4 aromatic rings. The number of hydrogen-bond donors (Lipinski definition) is 2. The van der Waals surface area contributed by atoms with Crippen molar-refractivity contribution < 1.29 is 22.7 Å². The Bertz CT molecular complexity index is 1890. The van der Waals surface area contributed by atoms with Crippen LogP contribution in [0.1, 0.15) is 40.7 Å². The van der Waals surface area contributed by atoms with Crippen molar-refractivity contribution in [1.29, 1.82) is 0 Å². The van der Waals surface area contributed by atoms with Gasteiger partial charge in [0, 0.05) is 54.2 Å². The standard InChI is InChI=1S/C34H34ClN3O5S/c1-21-28(29-19-24(43-4)15-16-27(29)33(21)34(40)22-11-13-23(35)14-12-22)20-32(39)36-17-18-37-44(41,42)31-10-6-7-25-26(31)8-5-9-30(25)38(2)3/h5-16,19,33,37H,17-18,20H2,1-4H3,(H,36,39). The lowest BCUT2D eigenvalue weighted by Crippen LogP contribution is -2.34. The minimum atomic E-state index is -3.84. The molecule has 0 fully saturated rings. The summed E-state index contributed by atoms with van der Waals surface area (Å²) < 4.78 is 34.5. The number of anilines is 1. The first-order valence-electron chi connectivity index (χ1n) is 14.1. The summed E-state index contributed by atoms with van der Waals surface area (Å²) in [4.78, 5) is 28.8. The second-order valence-electron chi connectivity index (χ2n) is 10.9. The van der Waals surface area contributed by atoms with Gasteiger partial charge in [0.25, 0.3) is 0 Å². The maximum Gasteiger partial charge on any atom is 0.241 e. The molecule has 2 N–H and O–H groups in total. The number of nitrogens with zero attached hydrogens (tertiary/aromatic N) is 1. The number of methoxy groups -OCH3 is 1. The van der Waals surface area contributed by atoms with Crippen molar-refractivity contribution in [1.82, 2.24) is 10.0 Å². The Hall–Kier alpha value is -4.18. The van der Waals surface area contributed by atoms with Gasteiger partial charge in [-0.25, -0.2) is 13.1 Å². The van der Waals surface area contributed by atoms with Gasteiger partial charge in [-0.1, -0.05) is 47.5 Å². The molecule has 5 rings (SSSR count). The van der Waals surface area contributed by atoms with Crippen LogP contribution in [0.3, 0.4) is 0 Å². The number of halogens is 1. The number of rotatable bonds is 11. The minimum absolute atomic E-state index is 0.0119. The van der Waals surface area contributed by atoms with E-state index in [-0.39, 0.29) is 36.1 Å². The highest BCUT2D eigenvalue weighted by Gasteiger charge is 2.35. The number of Topliss-reactive ketones (excluding diaryl/α,β-unsaturated/α-hetero) is 1. The molecule has 0 bridgehead atoms. The zero-order chi connectivity index (χ0) is 31.6. The summed E-state index contributed by atoms with van der Waals surface area (Å²) in [6.45, 7) is 1.97. The van der Waals surface area contributed by atoms with E-state index < -0.39 is 15.9 Å². The fourth-order valence-electron chi connectivity index (χ4n) is 5.73. The molecule has 228 valence electrons. The van der Waals surface area contributed by atoms with Crippen LogP contribution in [0.2, 0.25) is 5.02 Å². The van der Waals surface area contributed by atoms with Crippen molar-refractivity contribution in [3.63, 3.8) is 0 Å². The number of sulfonamides is 1. The fraction of sp³-hybridized carbons (Fsp3) is 0.235. The van der Waals surface area contributed by atoms with Crippen LogP contribution in [-0.2, 0) is 14.8 Å². The van der Waals surface area contributed by atoms with Crippen molar-refractivity contribution >= 4 is 55.3 Å². The molecule has 8 nitrogen and oxygen atoms in total. The summed E-state index contributed by atoms with van der Waals surface area (Å²) in [5.74, 6) is -0.288. The van der Waals surface area contributed by atoms with E-state index in [1.165, 1.54) is 0 Å². The smallest absolute Gasteiger partial charge is 0.241 e. The number of hydrogen-bond acceptors (Lipinski definition) is 6. The molecule has 0 aromatic heterocycles. The monoisotopic (exact) mass is 631 g/mol. The molecule has 1 unspecified atom stereocenters. The van der Waals surface area contributed by atoms with Crippen LogP contribution in [0.25, 0.3) is 16.3 Å². The van der Waals surface area contributed by atoms with Gasteiger partial charge in [0.15, 0.2) is 5.78 Å². The van der Waals surface area contributed by atoms with Crippen LogP contribution in [0.4, 0.5) is 5.69 Å². The molecule has 0 radical (unpaired) electrons. The maximum absolute atomic E-state index is 13.6. The van der Waals surface area contributed by atoms with Crippen LogP contribution in [0.15, 0.2) is 89.3 Å². The van der Waals surface area contributed by atoms with Gasteiger partial charge in [-0.05, 0) is 72.2 Å². The van der Waals surface area contributed by atoms with E-state index in [1.54, 1.807) is 55.6 Å². The van der Waals surface area contributed by atoms with E-state index in [1.807, 2.05) is 56.3 Å². The predicted molar refractivity (Wildman–Crippen MR) is 175 cm³/mol. The minimum Gasteiger partial charge on any atom is -0.497 e. The highest BCUT2D eigenvalue weighted by molar-refractivity contribution is 7.89.